The SMILES string of the molecule is Nc1nc2nc(C3CCCCN3)ccc2s1. The van der Waals surface area contributed by atoms with Crippen LogP contribution in [-0.4, -0.2) is 16.5 Å². The van der Waals surface area contributed by atoms with E-state index in [4.69, 9.17) is 5.73 Å². The number of piperidine rings is 1. The maximum atomic E-state index is 5.67. The van der Waals surface area contributed by atoms with E-state index in [0.29, 0.717) is 11.2 Å². The molecule has 2 aromatic rings. The molecule has 1 fully saturated rings. The van der Waals surface area contributed by atoms with E-state index in [9.17, 15) is 0 Å². The highest BCUT2D eigenvalue weighted by molar-refractivity contribution is 7.21. The molecule has 3 heterocycles. The number of hydrogen-bond acceptors (Lipinski definition) is 5. The van der Waals surface area contributed by atoms with Crippen LogP contribution in [0.25, 0.3) is 10.3 Å². The number of rotatable bonds is 1. The van der Waals surface area contributed by atoms with E-state index >= 15 is 0 Å². The van der Waals surface area contributed by atoms with Crippen LogP contribution in [0.1, 0.15) is 31.0 Å². The van der Waals surface area contributed by atoms with Gasteiger partial charge in [-0.05, 0) is 31.5 Å². The van der Waals surface area contributed by atoms with Crippen molar-refractivity contribution in [2.45, 2.75) is 25.3 Å². The first-order valence-corrected chi connectivity index (χ1v) is 6.41. The number of nitrogens with one attached hydrogen (secondary N) is 1. The molecular weight excluding hydrogens is 220 g/mol. The van der Waals surface area contributed by atoms with Gasteiger partial charge in [-0.25, -0.2) is 9.97 Å². The number of anilines is 1. The normalized spacial score (nSPS) is 21.4. The van der Waals surface area contributed by atoms with Crippen molar-refractivity contribution < 1.29 is 0 Å². The molecule has 0 radical (unpaired) electrons. The number of fused-ring (bicyclic) bond motifs is 1. The van der Waals surface area contributed by atoms with Gasteiger partial charge in [-0.3, -0.25) is 0 Å². The fourth-order valence-electron chi connectivity index (χ4n) is 2.15. The molecule has 3 rings (SSSR count). The van der Waals surface area contributed by atoms with Crippen LogP contribution in [0.5, 0.6) is 0 Å². The zero-order valence-electron chi connectivity index (χ0n) is 8.94. The van der Waals surface area contributed by atoms with Gasteiger partial charge in [0.05, 0.1) is 10.4 Å². The number of hydrogen-bond donors (Lipinski definition) is 2. The van der Waals surface area contributed by atoms with Crippen LogP contribution in [0.3, 0.4) is 0 Å². The first-order valence-electron chi connectivity index (χ1n) is 5.59. The molecule has 2 aromatic heterocycles. The summed E-state index contributed by atoms with van der Waals surface area (Å²) in [6.07, 6.45) is 3.71. The summed E-state index contributed by atoms with van der Waals surface area (Å²) in [5, 5.41) is 4.08. The lowest BCUT2D eigenvalue weighted by atomic mass is 10.0. The number of pyridine rings is 1. The highest BCUT2D eigenvalue weighted by atomic mass is 32.1. The molecule has 0 spiro atoms. The van der Waals surface area contributed by atoms with Crippen LogP contribution in [0.4, 0.5) is 5.13 Å². The maximum absolute atomic E-state index is 5.67. The summed E-state index contributed by atoms with van der Waals surface area (Å²) in [6, 6.07) is 4.55. The minimum Gasteiger partial charge on any atom is -0.375 e. The molecule has 0 saturated carbocycles. The minimum absolute atomic E-state index is 0.390. The standard InChI is InChI=1S/C11H14N4S/c12-11-15-10-9(16-11)5-4-8(14-10)7-3-1-2-6-13-7/h4-5,7,13H,1-3,6H2,(H2,12,14,15). The molecular formula is C11H14N4S. The second-order valence-electron chi connectivity index (χ2n) is 4.11. The Morgan fingerprint density at radius 1 is 1.31 bits per heavy atom. The molecule has 4 nitrogen and oxygen atoms in total. The first kappa shape index (κ1) is 9.99. The van der Waals surface area contributed by atoms with Gasteiger partial charge in [0.1, 0.15) is 0 Å². The van der Waals surface area contributed by atoms with Gasteiger partial charge in [-0.15, -0.1) is 0 Å². The lowest BCUT2D eigenvalue weighted by Gasteiger charge is -2.22. The molecule has 1 atom stereocenters. The average Bonchev–Trinajstić information content (AvgIpc) is 2.69. The molecule has 84 valence electrons. The van der Waals surface area contributed by atoms with E-state index in [2.05, 4.69) is 27.4 Å². The average molecular weight is 234 g/mol. The molecule has 1 aliphatic heterocycles. The summed E-state index contributed by atoms with van der Waals surface area (Å²) < 4.78 is 1.07. The van der Waals surface area contributed by atoms with Crippen molar-refractivity contribution in [1.82, 2.24) is 15.3 Å². The van der Waals surface area contributed by atoms with Crippen molar-refractivity contribution in [3.63, 3.8) is 0 Å². The fourth-order valence-corrected chi connectivity index (χ4v) is 2.82. The van der Waals surface area contributed by atoms with E-state index < -0.39 is 0 Å². The molecule has 0 bridgehead atoms. The topological polar surface area (TPSA) is 63.8 Å². The van der Waals surface area contributed by atoms with Crippen LogP contribution < -0.4 is 11.1 Å². The molecule has 1 saturated heterocycles. The minimum atomic E-state index is 0.390. The van der Waals surface area contributed by atoms with Crippen molar-refractivity contribution in [2.75, 3.05) is 12.3 Å². The monoisotopic (exact) mass is 234 g/mol. The van der Waals surface area contributed by atoms with Crippen LogP contribution in [0.2, 0.25) is 0 Å². The van der Waals surface area contributed by atoms with Gasteiger partial charge in [0, 0.05) is 6.04 Å². The number of aromatic nitrogens is 2. The molecule has 5 heteroatoms. The van der Waals surface area contributed by atoms with Crippen molar-refractivity contribution in [3.05, 3.63) is 17.8 Å². The van der Waals surface area contributed by atoms with E-state index in [0.717, 1.165) is 29.0 Å². The summed E-state index contributed by atoms with van der Waals surface area (Å²) in [6.45, 7) is 1.09. The number of nitrogens with zero attached hydrogens (tertiary/aromatic N) is 2. The van der Waals surface area contributed by atoms with Gasteiger partial charge in [0.25, 0.3) is 0 Å². The molecule has 0 amide bonds. The third kappa shape index (κ3) is 1.76. The Bertz CT molecular complexity index is 502. The first-order chi connectivity index (χ1) is 7.83. The van der Waals surface area contributed by atoms with Gasteiger partial charge in [-0.2, -0.15) is 0 Å². The van der Waals surface area contributed by atoms with Crippen molar-refractivity contribution in [1.29, 1.82) is 0 Å². The van der Waals surface area contributed by atoms with Crippen molar-refractivity contribution in [2.24, 2.45) is 0 Å². The highest BCUT2D eigenvalue weighted by Crippen LogP contribution is 2.26. The van der Waals surface area contributed by atoms with E-state index in [1.165, 1.54) is 24.2 Å². The second-order valence-corrected chi connectivity index (χ2v) is 5.17. The Hall–Kier alpha value is -1.20. The molecule has 16 heavy (non-hydrogen) atoms. The van der Waals surface area contributed by atoms with Gasteiger partial charge >= 0.3 is 0 Å². The van der Waals surface area contributed by atoms with E-state index in [-0.39, 0.29) is 0 Å². The van der Waals surface area contributed by atoms with E-state index in [1.54, 1.807) is 0 Å². The molecule has 1 unspecified atom stereocenters. The summed E-state index contributed by atoms with van der Waals surface area (Å²) in [5.74, 6) is 0. The lowest BCUT2D eigenvalue weighted by molar-refractivity contribution is 0.406. The van der Waals surface area contributed by atoms with Crippen LogP contribution in [0, 0.1) is 0 Å². The van der Waals surface area contributed by atoms with Crippen LogP contribution in [-0.2, 0) is 0 Å². The van der Waals surface area contributed by atoms with Crippen molar-refractivity contribution in [3.8, 4) is 0 Å². The zero-order valence-corrected chi connectivity index (χ0v) is 9.76. The molecule has 3 N–H and O–H groups in total. The quantitative estimate of drug-likeness (QED) is 0.793. The predicted molar refractivity (Wildman–Crippen MR) is 66.4 cm³/mol. The summed E-state index contributed by atoms with van der Waals surface area (Å²) >= 11 is 1.49. The Balaban J connectivity index is 1.97. The van der Waals surface area contributed by atoms with E-state index in [1.807, 2.05) is 0 Å². The van der Waals surface area contributed by atoms with Crippen LogP contribution >= 0.6 is 11.3 Å². The number of thiazole rings is 1. The Kier molecular flexibility index (Phi) is 2.49. The summed E-state index contributed by atoms with van der Waals surface area (Å²) in [7, 11) is 0. The lowest BCUT2D eigenvalue weighted by Crippen LogP contribution is -2.27. The Labute approximate surface area is 97.9 Å². The van der Waals surface area contributed by atoms with Gasteiger partial charge in [0.15, 0.2) is 10.8 Å². The Morgan fingerprint density at radius 2 is 2.25 bits per heavy atom. The third-order valence-corrected chi connectivity index (χ3v) is 3.80. The van der Waals surface area contributed by atoms with Gasteiger partial charge < -0.3 is 11.1 Å². The second kappa shape index (κ2) is 3.99. The van der Waals surface area contributed by atoms with Gasteiger partial charge in [0.2, 0.25) is 0 Å². The highest BCUT2D eigenvalue weighted by Gasteiger charge is 2.16. The number of nitrogens with two attached hydrogens (primary N) is 1. The number of nitrogen functional groups attached to an aromatic ring is 1. The fraction of sp³-hybridized carbons (Fsp3) is 0.455. The van der Waals surface area contributed by atoms with Crippen molar-refractivity contribution >= 4 is 26.8 Å². The smallest absolute Gasteiger partial charge is 0.182 e. The zero-order chi connectivity index (χ0) is 11.0. The summed E-state index contributed by atoms with van der Waals surface area (Å²) in [4.78, 5) is 8.80. The summed E-state index contributed by atoms with van der Waals surface area (Å²) in [5.41, 5.74) is 7.55. The predicted octanol–water partition coefficient (Wildman–Crippen LogP) is 2.09. The largest absolute Gasteiger partial charge is 0.375 e. The Morgan fingerprint density at radius 3 is 3.06 bits per heavy atom. The molecule has 0 aliphatic carbocycles. The molecule has 1 aliphatic rings. The third-order valence-electron chi connectivity index (χ3n) is 2.96. The van der Waals surface area contributed by atoms with Gasteiger partial charge in [-0.1, -0.05) is 17.8 Å². The molecule has 0 aromatic carbocycles. The maximum Gasteiger partial charge on any atom is 0.182 e. The van der Waals surface area contributed by atoms with Crippen LogP contribution in [0.15, 0.2) is 12.1 Å².